The molecule has 15 heavy (non-hydrogen) atoms. The predicted octanol–water partition coefficient (Wildman–Crippen LogP) is 2.84. The molecule has 0 aromatic carbocycles. The van der Waals surface area contributed by atoms with Crippen LogP contribution in [0, 0.1) is 5.41 Å². The summed E-state index contributed by atoms with van der Waals surface area (Å²) in [6.45, 7) is 12.4. The fourth-order valence-corrected chi connectivity index (χ4v) is 1.32. The number of ether oxygens (including phenoxy) is 1. The molecule has 1 atom stereocenters. The average Bonchev–Trinajstić information content (AvgIpc) is 2.60. The molecule has 1 rings (SSSR count). The van der Waals surface area contributed by atoms with E-state index >= 15 is 0 Å². The first-order valence-corrected chi connectivity index (χ1v) is 5.06. The van der Waals surface area contributed by atoms with Gasteiger partial charge in [-0.3, -0.25) is 0 Å². The van der Waals surface area contributed by atoms with E-state index < -0.39 is 0 Å². The van der Waals surface area contributed by atoms with E-state index in [1.807, 2.05) is 6.92 Å². The highest BCUT2D eigenvalue weighted by atomic mass is 16.5. The van der Waals surface area contributed by atoms with Crippen molar-refractivity contribution in [2.24, 2.45) is 5.41 Å². The lowest BCUT2D eigenvalue weighted by Crippen LogP contribution is -2.22. The first kappa shape index (κ1) is 11.9. The van der Waals surface area contributed by atoms with E-state index in [1.165, 1.54) is 6.08 Å². The third-order valence-electron chi connectivity index (χ3n) is 1.99. The zero-order valence-corrected chi connectivity index (χ0v) is 9.78. The van der Waals surface area contributed by atoms with Gasteiger partial charge in [0.2, 0.25) is 11.7 Å². The first-order chi connectivity index (χ1) is 6.99. The van der Waals surface area contributed by atoms with Gasteiger partial charge in [-0.1, -0.05) is 32.5 Å². The number of nitrogens with zero attached hydrogens (tertiary/aromatic N) is 2. The molecule has 0 N–H and O–H groups in total. The van der Waals surface area contributed by atoms with Gasteiger partial charge in [0, 0.05) is 6.61 Å². The number of rotatable bonds is 4. The molecular weight excluding hydrogens is 192 g/mol. The fourth-order valence-electron chi connectivity index (χ4n) is 1.32. The Labute approximate surface area is 90.3 Å². The number of hydrogen-bond donors (Lipinski definition) is 0. The molecule has 0 aliphatic rings. The summed E-state index contributed by atoms with van der Waals surface area (Å²) >= 11 is 0. The monoisotopic (exact) mass is 210 g/mol. The van der Waals surface area contributed by atoms with E-state index in [0.717, 1.165) is 0 Å². The Kier molecular flexibility index (Phi) is 3.63. The molecule has 0 aliphatic heterocycles. The van der Waals surface area contributed by atoms with Crippen LogP contribution in [0.4, 0.5) is 0 Å². The molecule has 84 valence electrons. The van der Waals surface area contributed by atoms with E-state index in [-0.39, 0.29) is 11.5 Å². The van der Waals surface area contributed by atoms with Crippen LogP contribution in [0.5, 0.6) is 0 Å². The van der Waals surface area contributed by atoms with Gasteiger partial charge < -0.3 is 9.26 Å². The maximum absolute atomic E-state index is 5.63. The third kappa shape index (κ3) is 2.89. The molecule has 0 saturated heterocycles. The lowest BCUT2D eigenvalue weighted by atomic mass is 9.88. The Hall–Kier alpha value is -1.16. The van der Waals surface area contributed by atoms with Crippen LogP contribution in [0.25, 0.3) is 6.08 Å². The molecule has 0 bridgehead atoms. The lowest BCUT2D eigenvalue weighted by Gasteiger charge is -2.27. The largest absolute Gasteiger partial charge is 0.370 e. The zero-order valence-electron chi connectivity index (χ0n) is 9.78. The molecular formula is C11H18N2O2. The average molecular weight is 210 g/mol. The Morgan fingerprint density at radius 2 is 2.20 bits per heavy atom. The summed E-state index contributed by atoms with van der Waals surface area (Å²) in [5.41, 5.74) is -0.0572. The summed E-state index contributed by atoms with van der Waals surface area (Å²) < 4.78 is 10.6. The zero-order chi connectivity index (χ0) is 11.5. The minimum absolute atomic E-state index is 0.0572. The van der Waals surface area contributed by atoms with Crippen molar-refractivity contribution in [1.29, 1.82) is 0 Å². The van der Waals surface area contributed by atoms with E-state index in [0.29, 0.717) is 18.3 Å². The number of aromatic nitrogens is 2. The molecule has 0 radical (unpaired) electrons. The van der Waals surface area contributed by atoms with Crippen LogP contribution in [-0.2, 0) is 4.74 Å². The second-order valence-corrected chi connectivity index (χ2v) is 4.40. The summed E-state index contributed by atoms with van der Waals surface area (Å²) in [5, 5.41) is 3.89. The third-order valence-corrected chi connectivity index (χ3v) is 1.99. The molecule has 1 unspecified atom stereocenters. The smallest absolute Gasteiger partial charge is 0.250 e. The van der Waals surface area contributed by atoms with Crippen molar-refractivity contribution in [1.82, 2.24) is 10.1 Å². The molecule has 4 heteroatoms. The Balaban J connectivity index is 2.93. The SMILES string of the molecule is C=Cc1nc(C(OCC)C(C)(C)C)no1. The normalized spacial score (nSPS) is 13.9. The topological polar surface area (TPSA) is 48.2 Å². The Morgan fingerprint density at radius 1 is 1.53 bits per heavy atom. The Morgan fingerprint density at radius 3 is 2.60 bits per heavy atom. The van der Waals surface area contributed by atoms with E-state index in [2.05, 4.69) is 37.5 Å². The van der Waals surface area contributed by atoms with Gasteiger partial charge in [-0.2, -0.15) is 4.98 Å². The van der Waals surface area contributed by atoms with Crippen LogP contribution in [0.15, 0.2) is 11.1 Å². The minimum Gasteiger partial charge on any atom is -0.370 e. The van der Waals surface area contributed by atoms with Crippen molar-refractivity contribution in [2.75, 3.05) is 6.61 Å². The van der Waals surface area contributed by atoms with Gasteiger partial charge in [0.05, 0.1) is 0 Å². The summed E-state index contributed by atoms with van der Waals surface area (Å²) in [6, 6.07) is 0. The molecule has 1 aromatic heterocycles. The van der Waals surface area contributed by atoms with Crippen LogP contribution in [-0.4, -0.2) is 16.7 Å². The summed E-state index contributed by atoms with van der Waals surface area (Å²) in [6.07, 6.45) is 1.38. The van der Waals surface area contributed by atoms with Crippen molar-refractivity contribution in [3.05, 3.63) is 18.3 Å². The quantitative estimate of drug-likeness (QED) is 0.766. The molecule has 0 saturated carbocycles. The summed E-state index contributed by atoms with van der Waals surface area (Å²) in [4.78, 5) is 4.19. The van der Waals surface area contributed by atoms with Crippen molar-refractivity contribution in [3.63, 3.8) is 0 Å². The summed E-state index contributed by atoms with van der Waals surface area (Å²) in [5.74, 6) is 1.01. The van der Waals surface area contributed by atoms with Crippen LogP contribution >= 0.6 is 0 Å². The van der Waals surface area contributed by atoms with Gasteiger partial charge >= 0.3 is 0 Å². The van der Waals surface area contributed by atoms with Crippen molar-refractivity contribution in [2.45, 2.75) is 33.8 Å². The van der Waals surface area contributed by atoms with Crippen molar-refractivity contribution >= 4 is 6.08 Å². The van der Waals surface area contributed by atoms with Crippen LogP contribution in [0.2, 0.25) is 0 Å². The van der Waals surface area contributed by atoms with Gasteiger partial charge in [0.25, 0.3) is 0 Å². The van der Waals surface area contributed by atoms with Crippen LogP contribution in [0.1, 0.15) is 45.5 Å². The Bertz CT molecular complexity index is 326. The van der Waals surface area contributed by atoms with Crippen molar-refractivity contribution < 1.29 is 9.26 Å². The van der Waals surface area contributed by atoms with Gasteiger partial charge in [0.1, 0.15) is 6.10 Å². The maximum atomic E-state index is 5.63. The summed E-state index contributed by atoms with van der Waals surface area (Å²) in [7, 11) is 0. The highest BCUT2D eigenvalue weighted by Gasteiger charge is 2.30. The predicted molar refractivity (Wildman–Crippen MR) is 58.2 cm³/mol. The van der Waals surface area contributed by atoms with E-state index in [9.17, 15) is 0 Å². The molecule has 0 spiro atoms. The molecule has 0 amide bonds. The second-order valence-electron chi connectivity index (χ2n) is 4.40. The molecule has 1 heterocycles. The van der Waals surface area contributed by atoms with E-state index in [4.69, 9.17) is 9.26 Å². The van der Waals surface area contributed by atoms with Gasteiger partial charge in [-0.15, -0.1) is 0 Å². The standard InChI is InChI=1S/C11H18N2O2/c1-6-8-12-10(13-15-8)9(14-7-2)11(3,4)5/h6,9H,1,7H2,2-5H3. The number of hydrogen-bond acceptors (Lipinski definition) is 4. The van der Waals surface area contributed by atoms with Gasteiger partial charge in [-0.25, -0.2) is 0 Å². The van der Waals surface area contributed by atoms with Crippen molar-refractivity contribution in [3.8, 4) is 0 Å². The molecule has 1 aromatic rings. The van der Waals surface area contributed by atoms with Gasteiger partial charge in [0.15, 0.2) is 0 Å². The minimum atomic E-state index is -0.153. The maximum Gasteiger partial charge on any atom is 0.250 e. The lowest BCUT2D eigenvalue weighted by molar-refractivity contribution is -0.0203. The first-order valence-electron chi connectivity index (χ1n) is 5.06. The van der Waals surface area contributed by atoms with E-state index in [1.54, 1.807) is 0 Å². The van der Waals surface area contributed by atoms with Gasteiger partial charge in [-0.05, 0) is 18.4 Å². The highest BCUT2D eigenvalue weighted by Crippen LogP contribution is 2.34. The highest BCUT2D eigenvalue weighted by molar-refractivity contribution is 5.32. The molecule has 4 nitrogen and oxygen atoms in total. The molecule has 0 fully saturated rings. The van der Waals surface area contributed by atoms with Crippen LogP contribution < -0.4 is 0 Å². The molecule has 0 aliphatic carbocycles. The van der Waals surface area contributed by atoms with Crippen LogP contribution in [0.3, 0.4) is 0 Å². The fraction of sp³-hybridized carbons (Fsp3) is 0.636. The second kappa shape index (κ2) is 4.57.